The summed E-state index contributed by atoms with van der Waals surface area (Å²) in [5.74, 6) is -0.557. The van der Waals surface area contributed by atoms with Crippen LogP contribution in [0.5, 0.6) is 0 Å². The lowest BCUT2D eigenvalue weighted by atomic mass is 9.94. The van der Waals surface area contributed by atoms with Crippen LogP contribution in [0, 0.1) is 0 Å². The second-order valence-corrected chi connectivity index (χ2v) is 5.54. The molecule has 0 bridgehead atoms. The van der Waals surface area contributed by atoms with Crippen molar-refractivity contribution < 1.29 is 9.18 Å². The van der Waals surface area contributed by atoms with E-state index in [1.165, 1.54) is 5.56 Å². The molecular weight excluding hydrogens is 279 g/mol. The molecule has 1 heterocycles. The summed E-state index contributed by atoms with van der Waals surface area (Å²) in [5, 5.41) is 5.83. The minimum atomic E-state index is -1.92. The second kappa shape index (κ2) is 6.28. The average Bonchev–Trinajstić information content (AvgIpc) is 2.80. The Morgan fingerprint density at radius 2 is 1.73 bits per heavy atom. The largest absolute Gasteiger partial charge is 0.323 e. The minimum absolute atomic E-state index is 0.143. The van der Waals surface area contributed by atoms with Crippen molar-refractivity contribution in [3.8, 4) is 0 Å². The van der Waals surface area contributed by atoms with Crippen LogP contribution in [0.25, 0.3) is 0 Å². The van der Waals surface area contributed by atoms with E-state index < -0.39 is 11.6 Å². The van der Waals surface area contributed by atoms with Crippen molar-refractivity contribution in [2.24, 2.45) is 0 Å². The molecular formula is C18H19FN2O. The van der Waals surface area contributed by atoms with Gasteiger partial charge in [-0.05, 0) is 31.1 Å². The molecule has 1 atom stereocenters. The number of amides is 1. The van der Waals surface area contributed by atoms with Gasteiger partial charge < -0.3 is 10.6 Å². The molecule has 2 aromatic carbocycles. The number of hydrogen-bond acceptors (Lipinski definition) is 2. The van der Waals surface area contributed by atoms with E-state index in [0.29, 0.717) is 17.8 Å². The van der Waals surface area contributed by atoms with Crippen LogP contribution in [0.4, 0.5) is 10.1 Å². The van der Waals surface area contributed by atoms with Crippen LogP contribution in [0.1, 0.15) is 17.5 Å². The van der Waals surface area contributed by atoms with Gasteiger partial charge in [0.2, 0.25) is 5.67 Å². The third-order valence-corrected chi connectivity index (χ3v) is 4.04. The molecule has 0 radical (unpaired) electrons. The summed E-state index contributed by atoms with van der Waals surface area (Å²) < 4.78 is 15.0. The predicted octanol–water partition coefficient (Wildman–Crippen LogP) is 3.03. The van der Waals surface area contributed by atoms with Gasteiger partial charge in [0, 0.05) is 17.7 Å². The smallest absolute Gasteiger partial charge is 0.266 e. The van der Waals surface area contributed by atoms with Gasteiger partial charge in [-0.1, -0.05) is 48.5 Å². The molecule has 3 rings (SSSR count). The van der Waals surface area contributed by atoms with Gasteiger partial charge in [0.1, 0.15) is 0 Å². The van der Waals surface area contributed by atoms with E-state index in [1.807, 2.05) is 18.2 Å². The first kappa shape index (κ1) is 14.7. The topological polar surface area (TPSA) is 41.1 Å². The number of rotatable bonds is 6. The van der Waals surface area contributed by atoms with Crippen molar-refractivity contribution in [2.75, 3.05) is 18.4 Å². The molecule has 0 aliphatic carbocycles. The first-order chi connectivity index (χ1) is 10.7. The molecule has 22 heavy (non-hydrogen) atoms. The number of para-hydroxylation sites is 1. The Morgan fingerprint density at radius 1 is 1.00 bits per heavy atom. The summed E-state index contributed by atoms with van der Waals surface area (Å²) in [7, 11) is 0. The van der Waals surface area contributed by atoms with Crippen molar-refractivity contribution >= 4 is 11.6 Å². The summed E-state index contributed by atoms with van der Waals surface area (Å²) >= 11 is 0. The predicted molar refractivity (Wildman–Crippen MR) is 85.5 cm³/mol. The molecule has 114 valence electrons. The summed E-state index contributed by atoms with van der Waals surface area (Å²) in [5.41, 5.74) is 0.356. The Labute approximate surface area is 129 Å². The Bertz CT molecular complexity index is 659. The van der Waals surface area contributed by atoms with Gasteiger partial charge in [-0.3, -0.25) is 4.79 Å². The Hall–Kier alpha value is -2.20. The Kier molecular flexibility index (Phi) is 4.20. The normalized spacial score (nSPS) is 19.8. The number of anilines is 1. The van der Waals surface area contributed by atoms with Crippen LogP contribution in [0.15, 0.2) is 54.6 Å². The fraction of sp³-hybridized carbons (Fsp3) is 0.278. The van der Waals surface area contributed by atoms with Crippen LogP contribution in [0.3, 0.4) is 0 Å². The Morgan fingerprint density at radius 3 is 2.55 bits per heavy atom. The van der Waals surface area contributed by atoms with E-state index in [1.54, 1.807) is 24.3 Å². The van der Waals surface area contributed by atoms with Crippen molar-refractivity contribution in [1.29, 1.82) is 0 Å². The number of fused-ring (bicyclic) bond motifs is 1. The molecule has 1 aliphatic heterocycles. The van der Waals surface area contributed by atoms with E-state index in [-0.39, 0.29) is 6.42 Å². The van der Waals surface area contributed by atoms with Crippen molar-refractivity contribution in [3.63, 3.8) is 0 Å². The standard InChI is InChI=1S/C18H19FN2O/c19-18(15-8-4-5-9-16(15)21-17(18)22)11-13-20-12-10-14-6-2-1-3-7-14/h1-9,20H,10-13H2,(H,21,22). The van der Waals surface area contributed by atoms with Gasteiger partial charge in [0.05, 0.1) is 0 Å². The molecule has 2 aromatic rings. The van der Waals surface area contributed by atoms with Gasteiger partial charge in [-0.25, -0.2) is 4.39 Å². The first-order valence-electron chi connectivity index (χ1n) is 7.55. The summed E-state index contributed by atoms with van der Waals surface area (Å²) in [4.78, 5) is 11.9. The van der Waals surface area contributed by atoms with Crippen molar-refractivity contribution in [3.05, 3.63) is 65.7 Å². The maximum atomic E-state index is 15.0. The number of carbonyl (C=O) groups is 1. The minimum Gasteiger partial charge on any atom is -0.323 e. The zero-order valence-corrected chi connectivity index (χ0v) is 12.3. The lowest BCUT2D eigenvalue weighted by Crippen LogP contribution is -2.33. The van der Waals surface area contributed by atoms with Crippen molar-refractivity contribution in [1.82, 2.24) is 5.32 Å². The summed E-state index contributed by atoms with van der Waals surface area (Å²) in [6, 6.07) is 17.1. The number of hydrogen-bond donors (Lipinski definition) is 2. The van der Waals surface area contributed by atoms with Gasteiger partial charge >= 0.3 is 0 Å². The zero-order valence-electron chi connectivity index (χ0n) is 12.3. The van der Waals surface area contributed by atoms with Crippen LogP contribution >= 0.6 is 0 Å². The molecule has 3 nitrogen and oxygen atoms in total. The van der Waals surface area contributed by atoms with E-state index in [0.717, 1.165) is 13.0 Å². The van der Waals surface area contributed by atoms with Gasteiger partial charge in [0.25, 0.3) is 5.91 Å². The van der Waals surface area contributed by atoms with E-state index in [9.17, 15) is 9.18 Å². The van der Waals surface area contributed by atoms with Gasteiger partial charge in [-0.15, -0.1) is 0 Å². The fourth-order valence-corrected chi connectivity index (χ4v) is 2.79. The third-order valence-electron chi connectivity index (χ3n) is 4.04. The van der Waals surface area contributed by atoms with Crippen LogP contribution in [-0.2, 0) is 16.9 Å². The van der Waals surface area contributed by atoms with E-state index in [2.05, 4.69) is 22.8 Å². The monoisotopic (exact) mass is 298 g/mol. The SMILES string of the molecule is O=C1Nc2ccccc2C1(F)CCNCCc1ccccc1. The van der Waals surface area contributed by atoms with Gasteiger partial charge in [-0.2, -0.15) is 0 Å². The van der Waals surface area contributed by atoms with E-state index in [4.69, 9.17) is 0 Å². The lowest BCUT2D eigenvalue weighted by Gasteiger charge is -2.18. The molecule has 1 amide bonds. The maximum Gasteiger partial charge on any atom is 0.266 e. The van der Waals surface area contributed by atoms with Crippen LogP contribution in [0.2, 0.25) is 0 Å². The molecule has 4 heteroatoms. The number of carbonyl (C=O) groups excluding carboxylic acids is 1. The molecule has 1 aliphatic rings. The highest BCUT2D eigenvalue weighted by Gasteiger charge is 2.46. The average molecular weight is 298 g/mol. The van der Waals surface area contributed by atoms with Gasteiger partial charge in [0.15, 0.2) is 0 Å². The fourth-order valence-electron chi connectivity index (χ4n) is 2.79. The maximum absolute atomic E-state index is 15.0. The molecule has 1 unspecified atom stereocenters. The number of benzene rings is 2. The third kappa shape index (κ3) is 2.88. The lowest BCUT2D eigenvalue weighted by molar-refractivity contribution is -0.127. The van der Waals surface area contributed by atoms with Crippen LogP contribution in [-0.4, -0.2) is 19.0 Å². The number of nitrogens with one attached hydrogen (secondary N) is 2. The molecule has 0 saturated carbocycles. The van der Waals surface area contributed by atoms with Crippen molar-refractivity contribution in [2.45, 2.75) is 18.5 Å². The number of alkyl halides is 1. The van der Waals surface area contributed by atoms with Crippen LogP contribution < -0.4 is 10.6 Å². The first-order valence-corrected chi connectivity index (χ1v) is 7.55. The highest BCUT2D eigenvalue weighted by molar-refractivity contribution is 6.04. The molecule has 0 aromatic heterocycles. The summed E-state index contributed by atoms with van der Waals surface area (Å²) in [6.45, 7) is 1.23. The molecule has 0 spiro atoms. The highest BCUT2D eigenvalue weighted by atomic mass is 19.1. The Balaban J connectivity index is 1.52. The molecule has 0 saturated heterocycles. The molecule has 2 N–H and O–H groups in total. The number of halogens is 1. The highest BCUT2D eigenvalue weighted by Crippen LogP contribution is 2.41. The molecule has 0 fully saturated rings. The van der Waals surface area contributed by atoms with E-state index >= 15 is 0 Å². The summed E-state index contributed by atoms with van der Waals surface area (Å²) in [6.07, 6.45) is 1.04. The zero-order chi connectivity index (χ0) is 15.4. The quantitative estimate of drug-likeness (QED) is 0.805. The second-order valence-electron chi connectivity index (χ2n) is 5.54.